The summed E-state index contributed by atoms with van der Waals surface area (Å²) in [7, 11) is 0. The van der Waals surface area contributed by atoms with Crippen LogP contribution in [0.5, 0.6) is 0 Å². The average Bonchev–Trinajstić information content (AvgIpc) is 3.11. The Labute approximate surface area is 155 Å². The Morgan fingerprint density at radius 2 is 2.04 bits per heavy atom. The number of amides is 1. The van der Waals surface area contributed by atoms with Crippen LogP contribution < -0.4 is 4.90 Å². The fourth-order valence-corrected chi connectivity index (χ4v) is 3.52. The SMILES string of the molecule is O=C(c1cnn(Cc2ccccc2Cl)c1)N1CCCc2cccc(F)c21. The highest BCUT2D eigenvalue weighted by Gasteiger charge is 2.27. The van der Waals surface area contributed by atoms with Crippen molar-refractivity contribution in [2.24, 2.45) is 0 Å². The number of aromatic nitrogens is 2. The van der Waals surface area contributed by atoms with E-state index in [1.54, 1.807) is 16.9 Å². The molecule has 0 atom stereocenters. The number of carbonyl (C=O) groups is 1. The number of nitrogens with zero attached hydrogens (tertiary/aromatic N) is 3. The molecule has 2 heterocycles. The molecule has 4 nitrogen and oxygen atoms in total. The Balaban J connectivity index is 1.59. The van der Waals surface area contributed by atoms with Gasteiger partial charge >= 0.3 is 0 Å². The van der Waals surface area contributed by atoms with Gasteiger partial charge in [-0.25, -0.2) is 4.39 Å². The monoisotopic (exact) mass is 369 g/mol. The molecule has 2 aromatic carbocycles. The summed E-state index contributed by atoms with van der Waals surface area (Å²) in [5.41, 5.74) is 2.62. The molecule has 1 aliphatic rings. The Morgan fingerprint density at radius 3 is 2.88 bits per heavy atom. The van der Waals surface area contributed by atoms with Crippen LogP contribution in [0.25, 0.3) is 0 Å². The van der Waals surface area contributed by atoms with Gasteiger partial charge in [-0.3, -0.25) is 9.48 Å². The van der Waals surface area contributed by atoms with Crippen molar-refractivity contribution in [1.82, 2.24) is 9.78 Å². The molecule has 0 unspecified atom stereocenters. The molecule has 0 saturated heterocycles. The van der Waals surface area contributed by atoms with Crippen LogP contribution in [-0.2, 0) is 13.0 Å². The van der Waals surface area contributed by atoms with Gasteiger partial charge in [0.2, 0.25) is 0 Å². The maximum Gasteiger partial charge on any atom is 0.261 e. The van der Waals surface area contributed by atoms with E-state index in [1.807, 2.05) is 30.3 Å². The number of benzene rings is 2. The normalized spacial score (nSPS) is 13.5. The first kappa shape index (κ1) is 16.8. The molecule has 0 saturated carbocycles. The highest BCUT2D eigenvalue weighted by Crippen LogP contribution is 2.31. The van der Waals surface area contributed by atoms with E-state index in [-0.39, 0.29) is 11.7 Å². The number of fused-ring (bicyclic) bond motifs is 1. The van der Waals surface area contributed by atoms with E-state index in [2.05, 4.69) is 5.10 Å². The highest BCUT2D eigenvalue weighted by molar-refractivity contribution is 6.31. The van der Waals surface area contributed by atoms with Crippen molar-refractivity contribution in [3.05, 3.63) is 82.4 Å². The first-order valence-corrected chi connectivity index (χ1v) is 8.86. The Kier molecular flexibility index (Phi) is 4.47. The minimum Gasteiger partial charge on any atom is -0.305 e. The van der Waals surface area contributed by atoms with Crippen molar-refractivity contribution in [3.63, 3.8) is 0 Å². The van der Waals surface area contributed by atoms with Gasteiger partial charge in [-0.15, -0.1) is 0 Å². The third-order valence-corrected chi connectivity index (χ3v) is 4.95. The second-order valence-electron chi connectivity index (χ2n) is 6.33. The molecule has 0 N–H and O–H groups in total. The number of hydrogen-bond donors (Lipinski definition) is 0. The largest absolute Gasteiger partial charge is 0.305 e. The molecule has 1 aromatic heterocycles. The Morgan fingerprint density at radius 1 is 1.19 bits per heavy atom. The lowest BCUT2D eigenvalue weighted by molar-refractivity contribution is 0.0984. The predicted molar refractivity (Wildman–Crippen MR) is 99.2 cm³/mol. The number of anilines is 1. The molecular formula is C20H17ClFN3O. The Bertz CT molecular complexity index is 969. The summed E-state index contributed by atoms with van der Waals surface area (Å²) < 4.78 is 16.0. The second kappa shape index (κ2) is 6.92. The highest BCUT2D eigenvalue weighted by atomic mass is 35.5. The summed E-state index contributed by atoms with van der Waals surface area (Å²) in [5, 5.41) is 4.92. The van der Waals surface area contributed by atoms with Crippen LogP contribution in [0.4, 0.5) is 10.1 Å². The Hall–Kier alpha value is -2.66. The van der Waals surface area contributed by atoms with E-state index >= 15 is 0 Å². The van der Waals surface area contributed by atoms with Gasteiger partial charge in [0.15, 0.2) is 0 Å². The number of rotatable bonds is 3. The van der Waals surface area contributed by atoms with E-state index in [1.165, 1.54) is 17.2 Å². The molecule has 1 amide bonds. The molecule has 0 aliphatic carbocycles. The molecule has 132 valence electrons. The molecule has 0 spiro atoms. The van der Waals surface area contributed by atoms with Crippen LogP contribution >= 0.6 is 11.6 Å². The summed E-state index contributed by atoms with van der Waals surface area (Å²) in [4.78, 5) is 14.4. The number of halogens is 2. The molecule has 26 heavy (non-hydrogen) atoms. The summed E-state index contributed by atoms with van der Waals surface area (Å²) in [6, 6.07) is 12.5. The first-order valence-electron chi connectivity index (χ1n) is 8.48. The van der Waals surface area contributed by atoms with Crippen LogP contribution in [-0.4, -0.2) is 22.2 Å². The second-order valence-corrected chi connectivity index (χ2v) is 6.73. The van der Waals surface area contributed by atoms with Crippen molar-refractivity contribution < 1.29 is 9.18 Å². The minimum atomic E-state index is -0.362. The lowest BCUT2D eigenvalue weighted by atomic mass is 10.0. The fraction of sp³-hybridized carbons (Fsp3) is 0.200. The zero-order valence-corrected chi connectivity index (χ0v) is 14.8. The molecule has 0 bridgehead atoms. The van der Waals surface area contributed by atoms with Crippen LogP contribution in [0.3, 0.4) is 0 Å². The van der Waals surface area contributed by atoms with Gasteiger partial charge < -0.3 is 4.90 Å². The zero-order chi connectivity index (χ0) is 18.1. The summed E-state index contributed by atoms with van der Waals surface area (Å²) in [5.74, 6) is -0.597. The standard InChI is InChI=1S/C20H17ClFN3O/c21-17-8-2-1-5-15(17)12-24-13-16(11-23-24)20(26)25-10-4-7-14-6-3-9-18(22)19(14)25/h1-3,5-6,8-9,11,13H,4,7,10,12H2. The average molecular weight is 370 g/mol. The number of hydrogen-bond acceptors (Lipinski definition) is 2. The quantitative estimate of drug-likeness (QED) is 0.689. The van der Waals surface area contributed by atoms with Crippen molar-refractivity contribution in [3.8, 4) is 0 Å². The third kappa shape index (κ3) is 3.10. The van der Waals surface area contributed by atoms with Crippen LogP contribution in [0.15, 0.2) is 54.9 Å². The van der Waals surface area contributed by atoms with Crippen LogP contribution in [0, 0.1) is 5.82 Å². The van der Waals surface area contributed by atoms with E-state index in [0.29, 0.717) is 29.4 Å². The molecule has 0 fully saturated rings. The van der Waals surface area contributed by atoms with E-state index in [9.17, 15) is 9.18 Å². The van der Waals surface area contributed by atoms with Gasteiger partial charge in [-0.1, -0.05) is 41.9 Å². The fourth-order valence-electron chi connectivity index (χ4n) is 3.32. The van der Waals surface area contributed by atoms with Crippen molar-refractivity contribution in [2.45, 2.75) is 19.4 Å². The zero-order valence-electron chi connectivity index (χ0n) is 14.0. The maximum absolute atomic E-state index is 14.3. The third-order valence-electron chi connectivity index (χ3n) is 4.58. The van der Waals surface area contributed by atoms with Crippen molar-refractivity contribution in [1.29, 1.82) is 0 Å². The lowest BCUT2D eigenvalue weighted by Crippen LogP contribution is -2.36. The van der Waals surface area contributed by atoms with E-state index in [4.69, 9.17) is 11.6 Å². The van der Waals surface area contributed by atoms with Gasteiger partial charge in [-0.2, -0.15) is 5.10 Å². The van der Waals surface area contributed by atoms with Crippen molar-refractivity contribution >= 4 is 23.2 Å². The lowest BCUT2D eigenvalue weighted by Gasteiger charge is -2.29. The molecule has 0 radical (unpaired) electrons. The van der Waals surface area contributed by atoms with Gasteiger partial charge in [0, 0.05) is 17.8 Å². The number of aryl methyl sites for hydroxylation is 1. The topological polar surface area (TPSA) is 38.1 Å². The van der Waals surface area contributed by atoms with E-state index in [0.717, 1.165) is 24.0 Å². The van der Waals surface area contributed by atoms with Gasteiger partial charge in [-0.05, 0) is 36.1 Å². The summed E-state index contributed by atoms with van der Waals surface area (Å²) >= 11 is 6.18. The minimum absolute atomic E-state index is 0.235. The smallest absolute Gasteiger partial charge is 0.261 e. The van der Waals surface area contributed by atoms with Gasteiger partial charge in [0.25, 0.3) is 5.91 Å². The van der Waals surface area contributed by atoms with Gasteiger partial charge in [0.1, 0.15) is 5.82 Å². The molecule has 1 aliphatic heterocycles. The van der Waals surface area contributed by atoms with Crippen LogP contribution in [0.1, 0.15) is 27.9 Å². The number of para-hydroxylation sites is 1. The molecule has 3 aromatic rings. The number of carbonyl (C=O) groups excluding carboxylic acids is 1. The van der Waals surface area contributed by atoms with Crippen LogP contribution in [0.2, 0.25) is 5.02 Å². The predicted octanol–water partition coefficient (Wildman–Crippen LogP) is 4.32. The van der Waals surface area contributed by atoms with E-state index < -0.39 is 0 Å². The molecule has 4 rings (SSSR count). The van der Waals surface area contributed by atoms with Crippen molar-refractivity contribution in [2.75, 3.05) is 11.4 Å². The maximum atomic E-state index is 14.3. The first-order chi connectivity index (χ1) is 12.6. The molecular weight excluding hydrogens is 353 g/mol. The summed E-state index contributed by atoms with van der Waals surface area (Å²) in [6.07, 6.45) is 4.80. The van der Waals surface area contributed by atoms with Gasteiger partial charge in [0.05, 0.1) is 24.0 Å². The summed E-state index contributed by atoms with van der Waals surface area (Å²) in [6.45, 7) is 0.973. The molecule has 6 heteroatoms.